The molecule has 0 radical (unpaired) electrons. The minimum Gasteiger partial charge on any atom is -0.507 e. The Hall–Kier alpha value is -1.74. The van der Waals surface area contributed by atoms with Gasteiger partial charge in [0.2, 0.25) is 5.12 Å². The van der Waals surface area contributed by atoms with E-state index in [1.54, 1.807) is 0 Å². The fourth-order valence-electron chi connectivity index (χ4n) is 2.70. The second-order valence-corrected chi connectivity index (χ2v) is 9.43. The fraction of sp³-hybridized carbons (Fsp3) is 0.409. The van der Waals surface area contributed by atoms with E-state index in [0.717, 1.165) is 16.7 Å². The van der Waals surface area contributed by atoms with Gasteiger partial charge in [-0.1, -0.05) is 83.6 Å². The van der Waals surface area contributed by atoms with E-state index in [1.807, 2.05) is 42.5 Å². The van der Waals surface area contributed by atoms with Crippen LogP contribution < -0.4 is 0 Å². The highest BCUT2D eigenvalue weighted by Gasteiger charge is 2.27. The van der Waals surface area contributed by atoms with E-state index in [1.165, 1.54) is 11.8 Å². The van der Waals surface area contributed by atoms with Crippen LogP contribution in [0.15, 0.2) is 42.5 Å². The van der Waals surface area contributed by atoms with E-state index >= 15 is 0 Å². The quantitative estimate of drug-likeness (QED) is 0.726. The van der Waals surface area contributed by atoms with E-state index in [0.29, 0.717) is 17.1 Å². The minimum atomic E-state index is -0.232. The number of hydrogen-bond donors (Lipinski definition) is 1. The highest BCUT2D eigenvalue weighted by Crippen LogP contribution is 2.40. The smallest absolute Gasteiger partial charge is 0.219 e. The third-order valence-electron chi connectivity index (χ3n) is 4.17. The van der Waals surface area contributed by atoms with E-state index in [9.17, 15) is 9.90 Å². The van der Waals surface area contributed by atoms with Gasteiger partial charge >= 0.3 is 0 Å². The van der Waals surface area contributed by atoms with Gasteiger partial charge in [-0.15, -0.1) is 0 Å². The van der Waals surface area contributed by atoms with Gasteiger partial charge in [0, 0.05) is 22.4 Å². The molecule has 0 fully saturated rings. The van der Waals surface area contributed by atoms with Crippen molar-refractivity contribution in [2.45, 2.75) is 58.1 Å². The van der Waals surface area contributed by atoms with Crippen LogP contribution in [0.3, 0.4) is 0 Å². The molecule has 2 nitrogen and oxygen atoms in total. The Balaban J connectivity index is 2.38. The first-order chi connectivity index (χ1) is 11.5. The van der Waals surface area contributed by atoms with Gasteiger partial charge in [-0.2, -0.15) is 0 Å². The number of phenols is 1. The van der Waals surface area contributed by atoms with Gasteiger partial charge in [-0.05, 0) is 28.5 Å². The van der Waals surface area contributed by atoms with E-state index < -0.39 is 0 Å². The Bertz CT molecular complexity index is 715. The number of rotatable bonds is 3. The van der Waals surface area contributed by atoms with Gasteiger partial charge in [-0.3, -0.25) is 4.79 Å². The van der Waals surface area contributed by atoms with Crippen molar-refractivity contribution in [2.24, 2.45) is 0 Å². The molecule has 0 aliphatic heterocycles. The maximum atomic E-state index is 12.8. The summed E-state index contributed by atoms with van der Waals surface area (Å²) in [5, 5.41) is 10.8. The first-order valence-corrected chi connectivity index (χ1v) is 9.58. The Morgan fingerprint density at radius 2 is 1.40 bits per heavy atom. The van der Waals surface area contributed by atoms with Crippen LogP contribution in [-0.4, -0.2) is 10.2 Å². The Morgan fingerprint density at radius 1 is 0.920 bits per heavy atom. The lowest BCUT2D eigenvalue weighted by Crippen LogP contribution is -2.18. The molecule has 0 spiro atoms. The molecule has 25 heavy (non-hydrogen) atoms. The first-order valence-electron chi connectivity index (χ1n) is 8.59. The third kappa shape index (κ3) is 4.88. The first kappa shape index (κ1) is 19.6. The molecule has 0 atom stereocenters. The molecule has 0 aliphatic carbocycles. The molecule has 1 N–H and O–H groups in total. The zero-order valence-electron chi connectivity index (χ0n) is 16.0. The van der Waals surface area contributed by atoms with Crippen molar-refractivity contribution in [3.05, 3.63) is 64.7 Å². The summed E-state index contributed by atoms with van der Waals surface area (Å²) in [6.07, 6.45) is 0. The van der Waals surface area contributed by atoms with Crippen molar-refractivity contribution in [1.29, 1.82) is 0 Å². The molecule has 0 aromatic heterocycles. The standard InChI is InChI=1S/C22H28O2S/c1-21(2,3)17-12-16(13-18(19(17)23)22(4,5)6)20(24)25-14-15-10-8-7-9-11-15/h7-13,23H,14H2,1-6H3. The molecule has 134 valence electrons. The van der Waals surface area contributed by atoms with Crippen molar-refractivity contribution in [2.75, 3.05) is 0 Å². The summed E-state index contributed by atoms with van der Waals surface area (Å²) in [6, 6.07) is 13.7. The summed E-state index contributed by atoms with van der Waals surface area (Å²) in [5.41, 5.74) is 2.97. The highest BCUT2D eigenvalue weighted by atomic mass is 32.2. The van der Waals surface area contributed by atoms with Crippen molar-refractivity contribution in [3.63, 3.8) is 0 Å². The van der Waals surface area contributed by atoms with Crippen LogP contribution in [0.2, 0.25) is 0 Å². The molecule has 0 unspecified atom stereocenters. The van der Waals surface area contributed by atoms with Crippen molar-refractivity contribution in [1.82, 2.24) is 0 Å². The summed E-state index contributed by atoms with van der Waals surface area (Å²) >= 11 is 1.31. The van der Waals surface area contributed by atoms with Crippen LogP contribution in [0.1, 0.15) is 68.6 Å². The van der Waals surface area contributed by atoms with Crippen LogP contribution in [-0.2, 0) is 16.6 Å². The molecule has 3 heteroatoms. The normalized spacial score (nSPS) is 12.2. The van der Waals surface area contributed by atoms with Crippen LogP contribution in [0.25, 0.3) is 0 Å². The zero-order chi connectivity index (χ0) is 18.8. The molecule has 0 aliphatic rings. The molecule has 2 aromatic rings. The predicted octanol–water partition coefficient (Wildman–Crippen LogP) is 6.06. The predicted molar refractivity (Wildman–Crippen MR) is 108 cm³/mol. The van der Waals surface area contributed by atoms with Crippen molar-refractivity contribution >= 4 is 16.9 Å². The Kier molecular flexibility index (Phi) is 5.68. The Morgan fingerprint density at radius 3 is 1.84 bits per heavy atom. The average Bonchev–Trinajstić information content (AvgIpc) is 2.51. The van der Waals surface area contributed by atoms with Gasteiger partial charge < -0.3 is 5.11 Å². The lowest BCUT2D eigenvalue weighted by atomic mass is 9.78. The van der Waals surface area contributed by atoms with Gasteiger partial charge in [0.25, 0.3) is 0 Å². The van der Waals surface area contributed by atoms with E-state index in [4.69, 9.17) is 0 Å². The second-order valence-electron chi connectivity index (χ2n) is 8.48. The van der Waals surface area contributed by atoms with Crippen LogP contribution in [0.5, 0.6) is 5.75 Å². The van der Waals surface area contributed by atoms with Gasteiger partial charge in [0.05, 0.1) is 0 Å². The SMILES string of the molecule is CC(C)(C)c1cc(C(=O)SCc2ccccc2)cc(C(C)(C)C)c1O. The van der Waals surface area contributed by atoms with Crippen LogP contribution >= 0.6 is 11.8 Å². The number of aromatic hydroxyl groups is 1. The molecule has 0 saturated heterocycles. The van der Waals surface area contributed by atoms with E-state index in [-0.39, 0.29) is 15.9 Å². The summed E-state index contributed by atoms with van der Waals surface area (Å²) in [7, 11) is 0. The largest absolute Gasteiger partial charge is 0.507 e. The molecule has 2 aromatic carbocycles. The van der Waals surface area contributed by atoms with E-state index in [2.05, 4.69) is 41.5 Å². The number of phenolic OH excluding ortho intramolecular Hbond substituents is 1. The number of benzene rings is 2. The second kappa shape index (κ2) is 7.25. The van der Waals surface area contributed by atoms with Crippen molar-refractivity contribution < 1.29 is 9.90 Å². The number of hydrogen-bond acceptors (Lipinski definition) is 3. The minimum absolute atomic E-state index is 0.0415. The molecule has 0 bridgehead atoms. The monoisotopic (exact) mass is 356 g/mol. The molecule has 0 heterocycles. The zero-order valence-corrected chi connectivity index (χ0v) is 16.8. The fourth-order valence-corrected chi connectivity index (χ4v) is 3.48. The van der Waals surface area contributed by atoms with Crippen LogP contribution in [0.4, 0.5) is 0 Å². The lowest BCUT2D eigenvalue weighted by Gasteiger charge is -2.28. The summed E-state index contributed by atoms with van der Waals surface area (Å²) in [5.74, 6) is 0.959. The van der Waals surface area contributed by atoms with Crippen LogP contribution in [0, 0.1) is 0 Å². The van der Waals surface area contributed by atoms with Gasteiger partial charge in [0.15, 0.2) is 0 Å². The number of carbonyl (C=O) groups is 1. The highest BCUT2D eigenvalue weighted by molar-refractivity contribution is 8.13. The molecular weight excluding hydrogens is 328 g/mol. The lowest BCUT2D eigenvalue weighted by molar-refractivity contribution is 0.108. The maximum absolute atomic E-state index is 12.8. The van der Waals surface area contributed by atoms with Crippen molar-refractivity contribution in [3.8, 4) is 5.75 Å². The molecule has 0 amide bonds. The maximum Gasteiger partial charge on any atom is 0.219 e. The van der Waals surface area contributed by atoms with Gasteiger partial charge in [-0.25, -0.2) is 0 Å². The average molecular weight is 357 g/mol. The van der Waals surface area contributed by atoms with Gasteiger partial charge in [0.1, 0.15) is 5.75 Å². The molecular formula is C22H28O2S. The summed E-state index contributed by atoms with van der Waals surface area (Å²) in [4.78, 5) is 12.8. The topological polar surface area (TPSA) is 37.3 Å². The summed E-state index contributed by atoms with van der Waals surface area (Å²) in [6.45, 7) is 12.3. The number of thioether (sulfide) groups is 1. The summed E-state index contributed by atoms with van der Waals surface area (Å²) < 4.78 is 0. The third-order valence-corrected chi connectivity index (χ3v) is 5.15. The molecule has 2 rings (SSSR count). The number of carbonyl (C=O) groups excluding carboxylic acids is 1. The Labute approximate surface area is 155 Å². The molecule has 0 saturated carbocycles.